The van der Waals surface area contributed by atoms with Crippen molar-refractivity contribution in [1.29, 1.82) is 10.8 Å². The minimum Gasteiger partial charge on any atom is -0.859 e. The molecule has 2 N–H and O–H groups in total. The fourth-order valence-electron chi connectivity index (χ4n) is 0.773. The third-order valence-corrected chi connectivity index (χ3v) is 1.41. The molecule has 0 radical (unpaired) electrons. The minimum absolute atomic E-state index is 0. The van der Waals surface area contributed by atoms with E-state index in [0.717, 1.165) is 0 Å². The van der Waals surface area contributed by atoms with E-state index in [2.05, 4.69) is 0 Å². The summed E-state index contributed by atoms with van der Waals surface area (Å²) in [7, 11) is 0. The molecule has 1 aromatic carbocycles. The Kier molecular flexibility index (Phi) is 8.83. The molecule has 6 heteroatoms. The van der Waals surface area contributed by atoms with E-state index in [1.54, 1.807) is 0 Å². The van der Waals surface area contributed by atoms with Crippen LogP contribution in [0.15, 0.2) is 24.3 Å². The topological polar surface area (TPSA) is 93.8 Å². The zero-order chi connectivity index (χ0) is 9.14. The molecule has 0 aromatic heterocycles. The van der Waals surface area contributed by atoms with Gasteiger partial charge in [0.2, 0.25) is 0 Å². The van der Waals surface area contributed by atoms with Crippen LogP contribution in [-0.4, -0.2) is 11.8 Å². The van der Waals surface area contributed by atoms with Crippen molar-refractivity contribution in [2.24, 2.45) is 0 Å². The Labute approximate surface area is 126 Å². The first-order valence-corrected chi connectivity index (χ1v) is 3.23. The fraction of sp³-hybridized carbons (Fsp3) is 0. The number of nitrogens with one attached hydrogen (secondary N) is 2. The van der Waals surface area contributed by atoms with E-state index >= 15 is 0 Å². The van der Waals surface area contributed by atoms with Crippen LogP contribution in [0, 0.1) is 10.8 Å². The molecule has 0 unspecified atom stereocenters. The molecule has 1 rings (SSSR count). The summed E-state index contributed by atoms with van der Waals surface area (Å²) in [6.45, 7) is 0. The molecule has 0 aliphatic carbocycles. The van der Waals surface area contributed by atoms with Gasteiger partial charge in [-0.25, -0.2) is 0 Å². The number of benzene rings is 1. The summed E-state index contributed by atoms with van der Waals surface area (Å²) in [6, 6.07) is 5.43. The standard InChI is InChI=1S/C8H8N2O2.2Na/c9-7(11)5-1-2-6(4-3-5)8(10)12;;/h1-4H,(H2,9,11)(H2,10,12);;/q;2*+1/p-2. The van der Waals surface area contributed by atoms with Gasteiger partial charge in [-0.2, -0.15) is 0 Å². The van der Waals surface area contributed by atoms with Gasteiger partial charge in [-0.1, -0.05) is 24.3 Å². The predicted octanol–water partition coefficient (Wildman–Crippen LogP) is -6.93. The third-order valence-electron chi connectivity index (χ3n) is 1.41. The monoisotopic (exact) mass is 208 g/mol. The van der Waals surface area contributed by atoms with Crippen LogP contribution in [0.5, 0.6) is 0 Å². The van der Waals surface area contributed by atoms with Gasteiger partial charge in [0.05, 0.1) is 0 Å². The van der Waals surface area contributed by atoms with Gasteiger partial charge in [0, 0.05) is 0 Å². The second-order valence-electron chi connectivity index (χ2n) is 2.24. The second kappa shape index (κ2) is 7.45. The predicted molar refractivity (Wildman–Crippen MR) is 40.1 cm³/mol. The van der Waals surface area contributed by atoms with Gasteiger partial charge in [0.1, 0.15) is 0 Å². The van der Waals surface area contributed by atoms with Crippen LogP contribution in [0.4, 0.5) is 0 Å². The first-order valence-electron chi connectivity index (χ1n) is 3.23. The van der Waals surface area contributed by atoms with E-state index in [9.17, 15) is 10.2 Å². The van der Waals surface area contributed by atoms with Gasteiger partial charge in [-0.15, -0.1) is 0 Å². The molecule has 62 valence electrons. The zero-order valence-corrected chi connectivity index (χ0v) is 12.1. The summed E-state index contributed by atoms with van der Waals surface area (Å²) in [5.41, 5.74) is 0.444. The van der Waals surface area contributed by atoms with Gasteiger partial charge >= 0.3 is 59.1 Å². The maximum absolute atomic E-state index is 10.5. The summed E-state index contributed by atoms with van der Waals surface area (Å²) < 4.78 is 0. The zero-order valence-electron chi connectivity index (χ0n) is 8.13. The average Bonchev–Trinajstić information content (AvgIpc) is 2.04. The van der Waals surface area contributed by atoms with Crippen molar-refractivity contribution in [3.05, 3.63) is 35.4 Å². The fourth-order valence-corrected chi connectivity index (χ4v) is 0.773. The van der Waals surface area contributed by atoms with Crippen LogP contribution in [0.3, 0.4) is 0 Å². The third kappa shape index (κ3) is 4.59. The summed E-state index contributed by atoms with van der Waals surface area (Å²) in [4.78, 5) is 0. The summed E-state index contributed by atoms with van der Waals surface area (Å²) in [5.74, 6) is -1.59. The number of hydrogen-bond donors (Lipinski definition) is 2. The molecule has 14 heavy (non-hydrogen) atoms. The van der Waals surface area contributed by atoms with E-state index in [0.29, 0.717) is 0 Å². The van der Waals surface area contributed by atoms with Crippen LogP contribution >= 0.6 is 0 Å². The molecular weight excluding hydrogens is 202 g/mol. The molecule has 1 aromatic rings. The maximum Gasteiger partial charge on any atom is 1.00 e. The van der Waals surface area contributed by atoms with Crippen LogP contribution in [0.2, 0.25) is 0 Å². The molecule has 0 saturated carbocycles. The number of hydrogen-bond acceptors (Lipinski definition) is 4. The summed E-state index contributed by atoms with van der Waals surface area (Å²) in [6.07, 6.45) is 0. The van der Waals surface area contributed by atoms with Crippen LogP contribution in [0.1, 0.15) is 11.1 Å². The normalized spacial score (nSPS) is 8.00. The Morgan fingerprint density at radius 3 is 1.14 bits per heavy atom. The largest absolute Gasteiger partial charge is 1.00 e. The van der Waals surface area contributed by atoms with Crippen LogP contribution in [0.25, 0.3) is 0 Å². The molecule has 0 saturated heterocycles. The van der Waals surface area contributed by atoms with Crippen molar-refractivity contribution in [3.8, 4) is 0 Å². The second-order valence-corrected chi connectivity index (χ2v) is 2.24. The van der Waals surface area contributed by atoms with Crippen molar-refractivity contribution >= 4 is 11.8 Å². The molecule has 0 spiro atoms. The van der Waals surface area contributed by atoms with Crippen molar-refractivity contribution < 1.29 is 69.3 Å². The Morgan fingerprint density at radius 2 is 1.00 bits per heavy atom. The smallest absolute Gasteiger partial charge is 0.859 e. The first-order chi connectivity index (χ1) is 5.61. The van der Waals surface area contributed by atoms with Gasteiger partial charge in [-0.05, 0) is 22.9 Å². The summed E-state index contributed by atoms with van der Waals surface area (Å²) >= 11 is 0. The van der Waals surface area contributed by atoms with Gasteiger partial charge in [0.25, 0.3) is 0 Å². The van der Waals surface area contributed by atoms with Crippen molar-refractivity contribution in [3.63, 3.8) is 0 Å². The molecule has 0 atom stereocenters. The quantitative estimate of drug-likeness (QED) is 0.287. The van der Waals surface area contributed by atoms with Crippen LogP contribution in [-0.2, 0) is 0 Å². The summed E-state index contributed by atoms with van der Waals surface area (Å²) in [5, 5.41) is 34.4. The molecule has 0 fully saturated rings. The maximum atomic E-state index is 10.5. The van der Waals surface area contributed by atoms with Gasteiger partial charge < -0.3 is 21.0 Å². The van der Waals surface area contributed by atoms with Crippen molar-refractivity contribution in [2.75, 3.05) is 0 Å². The Balaban J connectivity index is 0. The van der Waals surface area contributed by atoms with E-state index < -0.39 is 11.8 Å². The number of rotatable bonds is 2. The average molecular weight is 208 g/mol. The van der Waals surface area contributed by atoms with E-state index in [1.807, 2.05) is 0 Å². The minimum atomic E-state index is -0.793. The van der Waals surface area contributed by atoms with Gasteiger partial charge in [-0.3, -0.25) is 0 Å². The Bertz CT molecular complexity index is 292. The molecule has 0 aliphatic heterocycles. The first kappa shape index (κ1) is 16.6. The van der Waals surface area contributed by atoms with Crippen molar-refractivity contribution in [2.45, 2.75) is 0 Å². The molecule has 0 heterocycles. The Hall–Kier alpha value is 0.160. The molecular formula is C8H6N2Na2O2. The SMILES string of the molecule is N=C([O-])c1ccc(C(=N)[O-])cc1.[Na+].[Na+]. The van der Waals surface area contributed by atoms with E-state index in [1.165, 1.54) is 24.3 Å². The van der Waals surface area contributed by atoms with E-state index in [-0.39, 0.29) is 70.2 Å². The Morgan fingerprint density at radius 1 is 0.786 bits per heavy atom. The van der Waals surface area contributed by atoms with Crippen LogP contribution < -0.4 is 69.3 Å². The molecule has 0 bridgehead atoms. The van der Waals surface area contributed by atoms with E-state index in [4.69, 9.17) is 10.8 Å². The molecule has 0 amide bonds. The molecule has 0 aliphatic rings. The van der Waals surface area contributed by atoms with Gasteiger partial charge in [0.15, 0.2) is 0 Å². The molecule has 4 nitrogen and oxygen atoms in total. The van der Waals surface area contributed by atoms with Crippen molar-refractivity contribution in [1.82, 2.24) is 0 Å².